The van der Waals surface area contributed by atoms with Gasteiger partial charge >= 0.3 is 5.97 Å². The number of hydrogen-bond donors (Lipinski definition) is 8. The Morgan fingerprint density at radius 1 is 0.775 bits per heavy atom. The second-order valence-corrected chi connectivity index (χ2v) is 9.05. The SMILES string of the molecule is NC(=O)CC(NC(=O)C(Cc1cnc[nH]1)NC(=O)C(N)Cc1ccccc1)C(=O)NC(Cc1cnc[nH]1)C(=O)O. The zero-order valence-electron chi connectivity index (χ0n) is 21.4. The average Bonchev–Trinajstić information content (AvgIpc) is 3.62. The number of aliphatic carboxylic acids is 1. The molecule has 212 valence electrons. The van der Waals surface area contributed by atoms with E-state index < -0.39 is 60.2 Å². The van der Waals surface area contributed by atoms with E-state index in [1.165, 1.54) is 25.0 Å². The fourth-order valence-electron chi connectivity index (χ4n) is 3.84. The van der Waals surface area contributed by atoms with Gasteiger partial charge in [-0.05, 0) is 12.0 Å². The van der Waals surface area contributed by atoms with Crippen LogP contribution in [0.25, 0.3) is 0 Å². The summed E-state index contributed by atoms with van der Waals surface area (Å²) in [7, 11) is 0. The highest BCUT2D eigenvalue weighted by atomic mass is 16.4. The summed E-state index contributed by atoms with van der Waals surface area (Å²) in [6.07, 6.45) is 5.02. The van der Waals surface area contributed by atoms with Crippen LogP contribution in [0.2, 0.25) is 0 Å². The Kier molecular flexibility index (Phi) is 10.5. The summed E-state index contributed by atoms with van der Waals surface area (Å²) in [6, 6.07) is 3.95. The molecule has 3 rings (SSSR count). The van der Waals surface area contributed by atoms with E-state index in [9.17, 15) is 29.1 Å². The van der Waals surface area contributed by atoms with Crippen LogP contribution in [0.1, 0.15) is 23.4 Å². The number of nitrogens with one attached hydrogen (secondary N) is 5. The molecular weight excluding hydrogens is 522 g/mol. The number of benzene rings is 1. The first-order valence-electron chi connectivity index (χ1n) is 12.3. The molecule has 15 nitrogen and oxygen atoms in total. The molecule has 0 fully saturated rings. The number of carbonyl (C=O) groups is 5. The molecule has 4 unspecified atom stereocenters. The van der Waals surface area contributed by atoms with E-state index in [2.05, 4.69) is 35.9 Å². The predicted octanol–water partition coefficient (Wildman–Crippen LogP) is -2.10. The van der Waals surface area contributed by atoms with Crippen LogP contribution in [-0.2, 0) is 43.2 Å². The Balaban J connectivity index is 1.73. The highest BCUT2D eigenvalue weighted by Gasteiger charge is 2.32. The Bertz CT molecular complexity index is 1280. The zero-order valence-corrected chi connectivity index (χ0v) is 21.4. The predicted molar refractivity (Wildman–Crippen MR) is 140 cm³/mol. The molecule has 4 amide bonds. The minimum Gasteiger partial charge on any atom is -0.480 e. The lowest BCUT2D eigenvalue weighted by Gasteiger charge is -2.24. The average molecular weight is 554 g/mol. The van der Waals surface area contributed by atoms with Crippen molar-refractivity contribution < 1.29 is 29.1 Å². The van der Waals surface area contributed by atoms with E-state index in [4.69, 9.17) is 11.5 Å². The minimum atomic E-state index is -1.52. The summed E-state index contributed by atoms with van der Waals surface area (Å²) in [5.74, 6) is -4.66. The molecule has 0 spiro atoms. The van der Waals surface area contributed by atoms with Crippen LogP contribution in [0.15, 0.2) is 55.4 Å². The fraction of sp³-hybridized carbons (Fsp3) is 0.320. The van der Waals surface area contributed by atoms with Crippen LogP contribution in [0, 0.1) is 0 Å². The van der Waals surface area contributed by atoms with Gasteiger partial charge in [0.05, 0.1) is 25.1 Å². The van der Waals surface area contributed by atoms with E-state index in [0.717, 1.165) is 5.56 Å². The van der Waals surface area contributed by atoms with Crippen molar-refractivity contribution in [1.82, 2.24) is 35.9 Å². The van der Waals surface area contributed by atoms with Crippen LogP contribution in [0.3, 0.4) is 0 Å². The van der Waals surface area contributed by atoms with Crippen LogP contribution in [0.4, 0.5) is 0 Å². The summed E-state index contributed by atoms with van der Waals surface area (Å²) < 4.78 is 0. The minimum absolute atomic E-state index is 0.0435. The molecule has 2 aromatic heterocycles. The van der Waals surface area contributed by atoms with E-state index in [-0.39, 0.29) is 19.3 Å². The third-order valence-electron chi connectivity index (χ3n) is 5.88. The van der Waals surface area contributed by atoms with Crippen LogP contribution in [0.5, 0.6) is 0 Å². The van der Waals surface area contributed by atoms with Gasteiger partial charge in [0.1, 0.15) is 18.1 Å². The maximum absolute atomic E-state index is 13.3. The topological polar surface area (TPSA) is 251 Å². The Morgan fingerprint density at radius 2 is 1.30 bits per heavy atom. The molecule has 2 heterocycles. The molecule has 0 saturated heterocycles. The molecule has 0 bridgehead atoms. The summed E-state index contributed by atoms with van der Waals surface area (Å²) in [5, 5.41) is 16.9. The number of imidazole rings is 2. The van der Waals surface area contributed by atoms with Crippen molar-refractivity contribution in [2.24, 2.45) is 11.5 Å². The number of nitrogens with two attached hydrogens (primary N) is 2. The van der Waals surface area contributed by atoms with Gasteiger partial charge in [-0.3, -0.25) is 19.2 Å². The lowest BCUT2D eigenvalue weighted by atomic mass is 10.0. The van der Waals surface area contributed by atoms with Crippen molar-refractivity contribution in [2.75, 3.05) is 0 Å². The van der Waals surface area contributed by atoms with Crippen molar-refractivity contribution in [3.05, 3.63) is 72.3 Å². The lowest BCUT2D eigenvalue weighted by Crippen LogP contribution is -2.58. The van der Waals surface area contributed by atoms with Crippen LogP contribution >= 0.6 is 0 Å². The van der Waals surface area contributed by atoms with Crippen molar-refractivity contribution in [3.63, 3.8) is 0 Å². The number of H-pyrrole nitrogens is 2. The largest absolute Gasteiger partial charge is 0.480 e. The highest BCUT2D eigenvalue weighted by molar-refractivity contribution is 5.96. The van der Waals surface area contributed by atoms with Gasteiger partial charge in [0, 0.05) is 36.6 Å². The molecule has 10 N–H and O–H groups in total. The fourth-order valence-corrected chi connectivity index (χ4v) is 3.84. The van der Waals surface area contributed by atoms with Gasteiger partial charge in [-0.15, -0.1) is 0 Å². The summed E-state index contributed by atoms with van der Waals surface area (Å²) in [6.45, 7) is 0. The molecule has 40 heavy (non-hydrogen) atoms. The second-order valence-electron chi connectivity index (χ2n) is 9.05. The first-order chi connectivity index (χ1) is 19.1. The maximum Gasteiger partial charge on any atom is 0.326 e. The Hall–Kier alpha value is -5.05. The molecule has 0 aliphatic rings. The molecule has 1 aromatic carbocycles. The Labute approximate surface area is 228 Å². The van der Waals surface area contributed by atoms with Crippen molar-refractivity contribution in [1.29, 1.82) is 0 Å². The third kappa shape index (κ3) is 9.05. The van der Waals surface area contributed by atoms with Gasteiger partial charge in [-0.25, -0.2) is 14.8 Å². The Morgan fingerprint density at radius 3 is 1.82 bits per heavy atom. The van der Waals surface area contributed by atoms with Gasteiger partial charge in [0.25, 0.3) is 0 Å². The lowest BCUT2D eigenvalue weighted by molar-refractivity contribution is -0.142. The molecule has 3 aromatic rings. The molecule has 15 heteroatoms. The molecule has 0 aliphatic carbocycles. The van der Waals surface area contributed by atoms with Gasteiger partial charge in [-0.2, -0.15) is 0 Å². The normalized spacial score (nSPS) is 13.8. The number of amides is 4. The van der Waals surface area contributed by atoms with Crippen molar-refractivity contribution in [2.45, 2.75) is 49.9 Å². The highest BCUT2D eigenvalue weighted by Crippen LogP contribution is 2.06. The number of carbonyl (C=O) groups excluding carboxylic acids is 4. The van der Waals surface area contributed by atoms with Crippen LogP contribution in [-0.4, -0.2) is 78.8 Å². The summed E-state index contributed by atoms with van der Waals surface area (Å²) in [5.41, 5.74) is 13.1. The molecule has 0 aliphatic heterocycles. The zero-order chi connectivity index (χ0) is 29.1. The van der Waals surface area contributed by atoms with E-state index in [1.807, 2.05) is 30.3 Å². The van der Waals surface area contributed by atoms with E-state index in [1.54, 1.807) is 0 Å². The van der Waals surface area contributed by atoms with Crippen molar-refractivity contribution >= 4 is 29.6 Å². The molecular formula is C25H31N9O6. The number of carboxylic acids is 1. The maximum atomic E-state index is 13.3. The van der Waals surface area contributed by atoms with Crippen molar-refractivity contribution in [3.8, 4) is 0 Å². The number of primary amides is 1. The number of aromatic nitrogens is 4. The molecule has 0 saturated carbocycles. The first kappa shape index (κ1) is 29.5. The quantitative estimate of drug-likeness (QED) is 0.102. The smallest absolute Gasteiger partial charge is 0.326 e. The number of carboxylic acid groups (broad SMARTS) is 1. The second kappa shape index (κ2) is 14.2. The van der Waals surface area contributed by atoms with E-state index in [0.29, 0.717) is 11.4 Å². The van der Waals surface area contributed by atoms with Crippen LogP contribution < -0.4 is 27.4 Å². The molecule has 0 radical (unpaired) electrons. The van der Waals surface area contributed by atoms with E-state index >= 15 is 0 Å². The number of nitrogens with zero attached hydrogens (tertiary/aromatic N) is 2. The van der Waals surface area contributed by atoms with Gasteiger partial charge < -0.3 is 42.5 Å². The summed E-state index contributed by atoms with van der Waals surface area (Å²) >= 11 is 0. The molecule has 4 atom stereocenters. The van der Waals surface area contributed by atoms with Gasteiger partial charge in [0.2, 0.25) is 23.6 Å². The van der Waals surface area contributed by atoms with Gasteiger partial charge in [0.15, 0.2) is 0 Å². The number of rotatable bonds is 15. The summed E-state index contributed by atoms with van der Waals surface area (Å²) in [4.78, 5) is 75.9. The number of aromatic amines is 2. The standard InChI is InChI=1S/C25H31N9O6/c26-17(6-14-4-2-1-3-5-14)22(36)32-18(7-15-10-28-12-30-15)23(37)33-19(9-21(27)35)24(38)34-20(25(39)40)8-16-11-29-13-31-16/h1-5,10-13,17-20H,6-9,26H2,(H2,27,35)(H,28,30)(H,29,31)(H,32,36)(H,33,37)(H,34,38)(H,39,40). The number of hydrogen-bond acceptors (Lipinski definition) is 8. The first-order valence-corrected chi connectivity index (χ1v) is 12.3. The monoisotopic (exact) mass is 553 g/mol. The van der Waals surface area contributed by atoms with Gasteiger partial charge in [-0.1, -0.05) is 30.3 Å². The third-order valence-corrected chi connectivity index (χ3v) is 5.88.